The minimum Gasteiger partial charge on any atom is -0.406 e. The molecule has 3 rings (SSSR count). The number of pyridine rings is 1. The smallest absolute Gasteiger partial charge is 0.406 e. The van der Waals surface area contributed by atoms with Crippen LogP contribution in [-0.4, -0.2) is 31.4 Å². The Morgan fingerprint density at radius 1 is 1.04 bits per heavy atom. The maximum atomic E-state index is 14.2. The van der Waals surface area contributed by atoms with E-state index in [-0.39, 0.29) is 16.8 Å². The predicted octanol–water partition coefficient (Wildman–Crippen LogP) is 2.78. The fourth-order valence-electron chi connectivity index (χ4n) is 2.22. The van der Waals surface area contributed by atoms with Gasteiger partial charge in [-0.15, -0.1) is 18.0 Å². The maximum Gasteiger partial charge on any atom is 0.573 e. The number of benzene rings is 1. The minimum atomic E-state index is -4.82. The summed E-state index contributed by atoms with van der Waals surface area (Å²) in [5.41, 5.74) is 0.108. The van der Waals surface area contributed by atoms with Gasteiger partial charge in [0.2, 0.25) is 0 Å². The number of aliphatic hydroxyl groups is 1. The van der Waals surface area contributed by atoms with Crippen molar-refractivity contribution in [3.05, 3.63) is 66.0 Å². The quantitative estimate of drug-likeness (QED) is 0.730. The van der Waals surface area contributed by atoms with Crippen LogP contribution in [0.2, 0.25) is 0 Å². The number of halogens is 4. The van der Waals surface area contributed by atoms with Gasteiger partial charge in [-0.25, -0.2) is 4.39 Å². The molecule has 2 heterocycles. The van der Waals surface area contributed by atoms with E-state index in [0.29, 0.717) is 0 Å². The molecule has 0 amide bonds. The lowest BCUT2D eigenvalue weighted by Crippen LogP contribution is -2.17. The zero-order valence-electron chi connectivity index (χ0n) is 12.4. The Morgan fingerprint density at radius 3 is 2.28 bits per heavy atom. The van der Waals surface area contributed by atoms with E-state index < -0.39 is 24.0 Å². The Balaban J connectivity index is 1.95. The molecule has 0 radical (unpaired) electrons. The van der Waals surface area contributed by atoms with Crippen molar-refractivity contribution in [3.63, 3.8) is 0 Å². The van der Waals surface area contributed by atoms with E-state index >= 15 is 0 Å². The van der Waals surface area contributed by atoms with Crippen LogP contribution >= 0.6 is 0 Å². The monoisotopic (exact) mass is 354 g/mol. The predicted molar refractivity (Wildman–Crippen MR) is 76.3 cm³/mol. The summed E-state index contributed by atoms with van der Waals surface area (Å²) >= 11 is 0. The van der Waals surface area contributed by atoms with E-state index in [2.05, 4.69) is 19.9 Å². The highest BCUT2D eigenvalue weighted by Gasteiger charge is 2.31. The number of rotatable bonds is 4. The molecule has 2 aromatic heterocycles. The Morgan fingerprint density at radius 2 is 1.68 bits per heavy atom. The van der Waals surface area contributed by atoms with Crippen molar-refractivity contribution in [1.82, 2.24) is 20.0 Å². The van der Waals surface area contributed by atoms with Gasteiger partial charge in [-0.2, -0.15) is 10.2 Å². The third kappa shape index (κ3) is 3.74. The van der Waals surface area contributed by atoms with Gasteiger partial charge in [0.05, 0.1) is 30.4 Å². The molecule has 1 aromatic carbocycles. The Kier molecular flexibility index (Phi) is 4.36. The molecule has 6 nitrogen and oxygen atoms in total. The van der Waals surface area contributed by atoms with Gasteiger partial charge in [-0.3, -0.25) is 4.98 Å². The van der Waals surface area contributed by atoms with Crippen LogP contribution in [0.1, 0.15) is 17.2 Å². The average Bonchev–Trinajstić information content (AvgIpc) is 3.07. The van der Waals surface area contributed by atoms with Crippen LogP contribution < -0.4 is 4.74 Å². The minimum absolute atomic E-state index is 0.105. The molecule has 130 valence electrons. The molecule has 0 saturated heterocycles. The van der Waals surface area contributed by atoms with Crippen molar-refractivity contribution in [2.75, 3.05) is 0 Å². The zero-order valence-corrected chi connectivity index (χ0v) is 12.4. The molecule has 0 aliphatic heterocycles. The summed E-state index contributed by atoms with van der Waals surface area (Å²) in [7, 11) is 0. The van der Waals surface area contributed by atoms with Gasteiger partial charge in [0, 0.05) is 0 Å². The van der Waals surface area contributed by atoms with Gasteiger partial charge in [0.1, 0.15) is 23.4 Å². The van der Waals surface area contributed by atoms with Crippen LogP contribution in [0.25, 0.3) is 5.69 Å². The number of hydrogen-bond acceptors (Lipinski definition) is 5. The van der Waals surface area contributed by atoms with Gasteiger partial charge >= 0.3 is 6.36 Å². The first-order chi connectivity index (χ1) is 11.8. The summed E-state index contributed by atoms with van der Waals surface area (Å²) in [4.78, 5) is 4.78. The van der Waals surface area contributed by atoms with Crippen LogP contribution in [-0.2, 0) is 0 Å². The second kappa shape index (κ2) is 6.48. The van der Waals surface area contributed by atoms with Gasteiger partial charge < -0.3 is 9.84 Å². The van der Waals surface area contributed by atoms with Crippen LogP contribution in [0.3, 0.4) is 0 Å². The summed E-state index contributed by atoms with van der Waals surface area (Å²) in [5.74, 6) is -1.26. The molecule has 0 unspecified atom stereocenters. The number of hydrogen-bond donors (Lipinski definition) is 1. The van der Waals surface area contributed by atoms with Crippen LogP contribution in [0.15, 0.2) is 49.1 Å². The number of ether oxygens (including phenoxy) is 1. The zero-order chi connectivity index (χ0) is 18.0. The Hall–Kier alpha value is -3.01. The van der Waals surface area contributed by atoms with Crippen molar-refractivity contribution in [2.45, 2.75) is 12.5 Å². The van der Waals surface area contributed by atoms with Crippen molar-refractivity contribution >= 4 is 0 Å². The molecular formula is C15H10F4N4O2. The molecule has 0 spiro atoms. The Bertz CT molecular complexity index is 851. The highest BCUT2D eigenvalue weighted by Crippen LogP contribution is 2.30. The fourth-order valence-corrected chi connectivity index (χ4v) is 2.22. The van der Waals surface area contributed by atoms with E-state index in [1.807, 2.05) is 0 Å². The van der Waals surface area contributed by atoms with Gasteiger partial charge in [0.25, 0.3) is 0 Å². The van der Waals surface area contributed by atoms with Crippen LogP contribution in [0, 0.1) is 5.82 Å². The lowest BCUT2D eigenvalue weighted by molar-refractivity contribution is -0.274. The average molecular weight is 354 g/mol. The fraction of sp³-hybridized carbons (Fsp3) is 0.133. The first-order valence-corrected chi connectivity index (χ1v) is 6.89. The summed E-state index contributed by atoms with van der Waals surface area (Å²) in [6.45, 7) is 0. The first kappa shape index (κ1) is 16.8. The highest BCUT2D eigenvalue weighted by molar-refractivity contribution is 5.44. The summed E-state index contributed by atoms with van der Waals surface area (Å²) in [6, 6.07) is 4.45. The highest BCUT2D eigenvalue weighted by atomic mass is 19.4. The standard InChI is InChI=1S/C15H10F4N4O2/c16-11-7-20-8-12(23-21-5-6-22-23)13(11)14(24)9-1-3-10(4-2-9)25-15(17,18)19/h1-8,14,24H/t14-/m1/s1. The molecule has 0 aliphatic rings. The molecule has 0 aliphatic carbocycles. The number of aliphatic hydroxyl groups excluding tert-OH is 1. The second-order valence-electron chi connectivity index (χ2n) is 4.89. The van der Waals surface area contributed by atoms with E-state index in [9.17, 15) is 22.7 Å². The third-order valence-electron chi connectivity index (χ3n) is 3.26. The van der Waals surface area contributed by atoms with Gasteiger partial charge in [-0.1, -0.05) is 12.1 Å². The van der Waals surface area contributed by atoms with Crippen molar-refractivity contribution in [1.29, 1.82) is 0 Å². The first-order valence-electron chi connectivity index (χ1n) is 6.89. The van der Waals surface area contributed by atoms with Gasteiger partial charge in [0.15, 0.2) is 0 Å². The van der Waals surface area contributed by atoms with Crippen LogP contribution in [0.4, 0.5) is 17.6 Å². The van der Waals surface area contributed by atoms with E-state index in [4.69, 9.17) is 0 Å². The van der Waals surface area contributed by atoms with Crippen LogP contribution in [0.5, 0.6) is 5.75 Å². The SMILES string of the molecule is O[C@H](c1ccc(OC(F)(F)F)cc1)c1c(F)cncc1-n1nccn1. The van der Waals surface area contributed by atoms with Crippen molar-refractivity contribution in [2.24, 2.45) is 0 Å². The van der Waals surface area contributed by atoms with Crippen molar-refractivity contribution < 1.29 is 27.4 Å². The topological polar surface area (TPSA) is 73.1 Å². The molecular weight excluding hydrogens is 344 g/mol. The summed E-state index contributed by atoms with van der Waals surface area (Å²) < 4.78 is 54.5. The summed E-state index contributed by atoms with van der Waals surface area (Å²) in [5, 5.41) is 18.2. The number of alkyl halides is 3. The van der Waals surface area contributed by atoms with Crippen molar-refractivity contribution in [3.8, 4) is 11.4 Å². The number of nitrogens with zero attached hydrogens (tertiary/aromatic N) is 4. The molecule has 3 aromatic rings. The molecule has 0 fully saturated rings. The van der Waals surface area contributed by atoms with E-state index in [1.165, 1.54) is 30.7 Å². The van der Waals surface area contributed by atoms with Gasteiger partial charge in [-0.05, 0) is 17.7 Å². The van der Waals surface area contributed by atoms with E-state index in [0.717, 1.165) is 23.1 Å². The molecule has 10 heteroatoms. The normalized spacial score (nSPS) is 12.8. The largest absolute Gasteiger partial charge is 0.573 e. The molecule has 0 saturated carbocycles. The maximum absolute atomic E-state index is 14.2. The summed E-state index contributed by atoms with van der Waals surface area (Å²) in [6.07, 6.45) is -1.38. The lowest BCUT2D eigenvalue weighted by Gasteiger charge is -2.16. The third-order valence-corrected chi connectivity index (χ3v) is 3.26. The molecule has 1 N–H and O–H groups in total. The second-order valence-corrected chi connectivity index (χ2v) is 4.89. The Labute approximate surface area is 138 Å². The van der Waals surface area contributed by atoms with E-state index in [1.54, 1.807) is 0 Å². The molecule has 0 bridgehead atoms. The lowest BCUT2D eigenvalue weighted by atomic mass is 10.0. The molecule has 25 heavy (non-hydrogen) atoms. The molecule has 1 atom stereocenters. The number of aromatic nitrogens is 4.